The Morgan fingerprint density at radius 1 is 1.39 bits per heavy atom. The number of carbonyl (C=O) groups is 1. The topological polar surface area (TPSA) is 55.8 Å². The first-order valence-electron chi connectivity index (χ1n) is 5.67. The van der Waals surface area contributed by atoms with E-state index in [1.54, 1.807) is 26.0 Å². The van der Waals surface area contributed by atoms with Crippen molar-refractivity contribution in [3.05, 3.63) is 34.3 Å². The molecule has 0 aromatic heterocycles. The molecular weight excluding hydrogens is 300 g/mol. The highest BCUT2D eigenvalue weighted by Crippen LogP contribution is 2.29. The average molecular weight is 315 g/mol. The van der Waals surface area contributed by atoms with Gasteiger partial charge in [0.25, 0.3) is 0 Å². The van der Waals surface area contributed by atoms with Gasteiger partial charge in [0, 0.05) is 4.47 Å². The second-order valence-corrected chi connectivity index (χ2v) is 5.61. The van der Waals surface area contributed by atoms with E-state index in [1.165, 1.54) is 0 Å². The molecule has 1 aromatic carbocycles. The molecule has 18 heavy (non-hydrogen) atoms. The highest BCUT2D eigenvalue weighted by molar-refractivity contribution is 9.10. The summed E-state index contributed by atoms with van der Waals surface area (Å²) in [5, 5.41) is 10.2. The number of aliphatic hydroxyl groups excluding tert-OH is 1. The summed E-state index contributed by atoms with van der Waals surface area (Å²) in [6.07, 6.45) is -1.86. The van der Waals surface area contributed by atoms with Crippen molar-refractivity contribution in [3.8, 4) is 0 Å². The molecule has 0 amide bonds. The number of halogens is 1. The van der Waals surface area contributed by atoms with Crippen LogP contribution >= 0.6 is 15.9 Å². The van der Waals surface area contributed by atoms with Crippen molar-refractivity contribution in [2.45, 2.75) is 31.8 Å². The zero-order valence-corrected chi connectivity index (χ0v) is 11.8. The fraction of sp³-hybridized carbons (Fsp3) is 0.462. The van der Waals surface area contributed by atoms with E-state index in [0.717, 1.165) is 4.47 Å². The van der Waals surface area contributed by atoms with Crippen LogP contribution in [-0.2, 0) is 14.3 Å². The second-order valence-electron chi connectivity index (χ2n) is 4.69. The van der Waals surface area contributed by atoms with Crippen molar-refractivity contribution in [1.82, 2.24) is 0 Å². The SMILES string of the molecule is CC1(C)OCC(=O)[C@H]([C@@H](O)c2ccc(Br)cc2)O1. The molecule has 1 fully saturated rings. The van der Waals surface area contributed by atoms with Gasteiger partial charge in [-0.05, 0) is 31.5 Å². The maximum atomic E-state index is 11.7. The Bertz CT molecular complexity index is 441. The summed E-state index contributed by atoms with van der Waals surface area (Å²) in [6, 6.07) is 7.14. The van der Waals surface area contributed by atoms with Crippen LogP contribution in [0.3, 0.4) is 0 Å². The lowest BCUT2D eigenvalue weighted by atomic mass is 10.0. The summed E-state index contributed by atoms with van der Waals surface area (Å²) in [5.74, 6) is -1.10. The van der Waals surface area contributed by atoms with Crippen LogP contribution in [0, 0.1) is 0 Å². The summed E-state index contributed by atoms with van der Waals surface area (Å²) in [6.45, 7) is 3.41. The zero-order chi connectivity index (χ0) is 13.3. The van der Waals surface area contributed by atoms with Gasteiger partial charge in [-0.2, -0.15) is 0 Å². The fourth-order valence-corrected chi connectivity index (χ4v) is 2.07. The predicted octanol–water partition coefficient (Wildman–Crippen LogP) is 2.20. The van der Waals surface area contributed by atoms with Crippen molar-refractivity contribution in [3.63, 3.8) is 0 Å². The van der Waals surface area contributed by atoms with E-state index >= 15 is 0 Å². The molecule has 0 saturated carbocycles. The smallest absolute Gasteiger partial charge is 0.190 e. The number of benzene rings is 1. The summed E-state index contributed by atoms with van der Waals surface area (Å²) >= 11 is 3.32. The van der Waals surface area contributed by atoms with Crippen molar-refractivity contribution < 1.29 is 19.4 Å². The molecule has 5 heteroatoms. The molecule has 2 rings (SSSR count). The fourth-order valence-electron chi connectivity index (χ4n) is 1.81. The van der Waals surface area contributed by atoms with Gasteiger partial charge >= 0.3 is 0 Å². The predicted molar refractivity (Wildman–Crippen MR) is 69.0 cm³/mol. The van der Waals surface area contributed by atoms with E-state index in [9.17, 15) is 9.90 Å². The quantitative estimate of drug-likeness (QED) is 0.909. The van der Waals surface area contributed by atoms with E-state index in [4.69, 9.17) is 9.47 Å². The largest absolute Gasteiger partial charge is 0.385 e. The minimum Gasteiger partial charge on any atom is -0.385 e. The standard InChI is InChI=1S/C13H15BrO4/c1-13(2)17-7-10(15)12(18-13)11(16)8-3-5-9(14)6-4-8/h3-6,11-12,16H,7H2,1-2H3/t11-,12+/m0/s1. The summed E-state index contributed by atoms with van der Waals surface area (Å²) in [7, 11) is 0. The van der Waals surface area contributed by atoms with Crippen LogP contribution in [0.1, 0.15) is 25.5 Å². The van der Waals surface area contributed by atoms with Crippen molar-refractivity contribution in [2.24, 2.45) is 0 Å². The van der Waals surface area contributed by atoms with E-state index in [2.05, 4.69) is 15.9 Å². The first-order valence-corrected chi connectivity index (χ1v) is 6.46. The maximum absolute atomic E-state index is 11.7. The third kappa shape index (κ3) is 2.98. The molecule has 0 unspecified atom stereocenters. The van der Waals surface area contributed by atoms with Gasteiger partial charge in [-0.25, -0.2) is 0 Å². The lowest BCUT2D eigenvalue weighted by Crippen LogP contribution is -2.48. The molecule has 2 atom stereocenters. The molecule has 0 radical (unpaired) electrons. The third-order valence-electron chi connectivity index (χ3n) is 2.79. The van der Waals surface area contributed by atoms with Gasteiger partial charge < -0.3 is 14.6 Å². The Kier molecular flexibility index (Phi) is 3.87. The summed E-state index contributed by atoms with van der Waals surface area (Å²) in [5.41, 5.74) is 0.647. The Hall–Kier alpha value is -0.750. The monoisotopic (exact) mass is 314 g/mol. The normalized spacial score (nSPS) is 24.9. The number of ether oxygens (including phenoxy) is 2. The minimum atomic E-state index is -0.978. The van der Waals surface area contributed by atoms with E-state index in [-0.39, 0.29) is 12.4 Å². The zero-order valence-electron chi connectivity index (χ0n) is 10.2. The summed E-state index contributed by atoms with van der Waals surface area (Å²) in [4.78, 5) is 11.7. The number of aliphatic hydroxyl groups is 1. The highest BCUT2D eigenvalue weighted by Gasteiger charge is 2.39. The van der Waals surface area contributed by atoms with Gasteiger partial charge in [0.15, 0.2) is 17.7 Å². The van der Waals surface area contributed by atoms with Crippen LogP contribution in [0.15, 0.2) is 28.7 Å². The molecule has 1 aliphatic heterocycles. The Labute approximate surface area is 114 Å². The third-order valence-corrected chi connectivity index (χ3v) is 3.32. The van der Waals surface area contributed by atoms with Crippen LogP contribution < -0.4 is 0 Å². The second kappa shape index (κ2) is 5.09. The molecule has 1 heterocycles. The maximum Gasteiger partial charge on any atom is 0.190 e. The molecule has 0 spiro atoms. The average Bonchev–Trinajstić information content (AvgIpc) is 2.32. The van der Waals surface area contributed by atoms with Crippen LogP contribution in [0.25, 0.3) is 0 Å². The molecule has 1 aromatic rings. The summed E-state index contributed by atoms with van der Waals surface area (Å²) < 4.78 is 11.6. The van der Waals surface area contributed by atoms with Crippen molar-refractivity contribution in [2.75, 3.05) is 6.61 Å². The van der Waals surface area contributed by atoms with Crippen LogP contribution in [0.5, 0.6) is 0 Å². The van der Waals surface area contributed by atoms with Gasteiger partial charge in [-0.1, -0.05) is 28.1 Å². The van der Waals surface area contributed by atoms with Gasteiger partial charge in [-0.3, -0.25) is 4.79 Å². The van der Waals surface area contributed by atoms with Crippen LogP contribution in [0.2, 0.25) is 0 Å². The van der Waals surface area contributed by atoms with Gasteiger partial charge in [-0.15, -0.1) is 0 Å². The number of ketones is 1. The van der Waals surface area contributed by atoms with E-state index in [1.807, 2.05) is 12.1 Å². The molecule has 98 valence electrons. The number of carbonyl (C=O) groups excluding carboxylic acids is 1. The van der Waals surface area contributed by atoms with Gasteiger partial charge in [0.1, 0.15) is 12.7 Å². The van der Waals surface area contributed by atoms with Crippen LogP contribution in [0.4, 0.5) is 0 Å². The van der Waals surface area contributed by atoms with Gasteiger partial charge in [0.2, 0.25) is 0 Å². The van der Waals surface area contributed by atoms with E-state index in [0.29, 0.717) is 5.56 Å². The first kappa shape index (κ1) is 13.7. The molecule has 1 saturated heterocycles. The number of Topliss-reactive ketones (excluding diaryl/α,β-unsaturated/α-hetero) is 1. The molecular formula is C13H15BrO4. The Balaban J connectivity index is 2.19. The minimum absolute atomic E-state index is 0.0365. The Morgan fingerprint density at radius 2 is 2.00 bits per heavy atom. The lowest BCUT2D eigenvalue weighted by molar-refractivity contribution is -0.271. The van der Waals surface area contributed by atoms with Crippen molar-refractivity contribution >= 4 is 21.7 Å². The van der Waals surface area contributed by atoms with Crippen molar-refractivity contribution in [1.29, 1.82) is 0 Å². The molecule has 0 bridgehead atoms. The lowest BCUT2D eigenvalue weighted by Gasteiger charge is -2.36. The molecule has 0 aliphatic carbocycles. The number of hydrogen-bond acceptors (Lipinski definition) is 4. The molecule has 1 aliphatic rings. The molecule has 4 nitrogen and oxygen atoms in total. The number of hydrogen-bond donors (Lipinski definition) is 1. The van der Waals surface area contributed by atoms with E-state index < -0.39 is 18.0 Å². The Morgan fingerprint density at radius 3 is 2.61 bits per heavy atom. The number of rotatable bonds is 2. The first-order chi connectivity index (χ1) is 8.39. The van der Waals surface area contributed by atoms with Crippen LogP contribution in [-0.4, -0.2) is 29.4 Å². The van der Waals surface area contributed by atoms with Gasteiger partial charge in [0.05, 0.1) is 0 Å². The highest BCUT2D eigenvalue weighted by atomic mass is 79.9. The molecule has 1 N–H and O–H groups in total.